The molecule has 0 aliphatic heterocycles. The number of halogens is 1. The molecule has 0 saturated heterocycles. The molecule has 78 valence electrons. The molecule has 1 aliphatic carbocycles. The van der Waals surface area contributed by atoms with Gasteiger partial charge in [-0.3, -0.25) is 0 Å². The Kier molecular flexibility index (Phi) is 5.32. The fraction of sp³-hybridized carbons (Fsp3) is 1.00. The maximum atomic E-state index is 13.3. The quantitative estimate of drug-likeness (QED) is 0.667. The number of nitrogens with one attached hydrogen (secondary N) is 1. The van der Waals surface area contributed by atoms with Crippen LogP contribution in [-0.2, 0) is 4.74 Å². The van der Waals surface area contributed by atoms with Crippen molar-refractivity contribution < 1.29 is 9.13 Å². The molecule has 3 heteroatoms. The minimum atomic E-state index is -0.628. The van der Waals surface area contributed by atoms with Crippen molar-refractivity contribution in [2.24, 2.45) is 0 Å². The molecule has 2 nitrogen and oxygen atoms in total. The summed E-state index contributed by atoms with van der Waals surface area (Å²) in [6, 6.07) is 0.102. The average molecular weight is 189 g/mol. The van der Waals surface area contributed by atoms with E-state index in [0.717, 1.165) is 38.8 Å². The number of rotatable bonds is 5. The Bertz CT molecular complexity index is 132. The van der Waals surface area contributed by atoms with Gasteiger partial charge in [-0.15, -0.1) is 0 Å². The molecule has 0 aromatic carbocycles. The van der Waals surface area contributed by atoms with Gasteiger partial charge in [0.2, 0.25) is 0 Å². The standard InChI is InChI=1S/C10H20FNO/c1-13-8-4-7-12-10-6-3-2-5-9(10)11/h9-10,12H,2-8H2,1H3/t9-,10-/m1/s1. The van der Waals surface area contributed by atoms with Gasteiger partial charge in [-0.25, -0.2) is 4.39 Å². The lowest BCUT2D eigenvalue weighted by Gasteiger charge is -2.26. The Morgan fingerprint density at radius 3 is 2.85 bits per heavy atom. The maximum absolute atomic E-state index is 13.3. The molecule has 1 saturated carbocycles. The Hall–Kier alpha value is -0.150. The van der Waals surface area contributed by atoms with Crippen molar-refractivity contribution in [3.63, 3.8) is 0 Å². The van der Waals surface area contributed by atoms with E-state index in [4.69, 9.17) is 4.74 Å². The first-order chi connectivity index (χ1) is 6.34. The van der Waals surface area contributed by atoms with Gasteiger partial charge in [0.15, 0.2) is 0 Å². The van der Waals surface area contributed by atoms with Gasteiger partial charge in [-0.05, 0) is 25.8 Å². The summed E-state index contributed by atoms with van der Waals surface area (Å²) >= 11 is 0. The molecule has 1 rings (SSSR count). The monoisotopic (exact) mass is 189 g/mol. The van der Waals surface area contributed by atoms with Crippen LogP contribution < -0.4 is 5.32 Å². The third kappa shape index (κ3) is 4.05. The summed E-state index contributed by atoms with van der Waals surface area (Å²) < 4.78 is 18.2. The second kappa shape index (κ2) is 6.33. The number of methoxy groups -OCH3 is 1. The van der Waals surface area contributed by atoms with Gasteiger partial charge >= 0.3 is 0 Å². The van der Waals surface area contributed by atoms with Crippen LogP contribution >= 0.6 is 0 Å². The molecule has 13 heavy (non-hydrogen) atoms. The minimum Gasteiger partial charge on any atom is -0.385 e. The van der Waals surface area contributed by atoms with E-state index in [9.17, 15) is 4.39 Å². The first kappa shape index (κ1) is 10.9. The molecule has 1 fully saturated rings. The minimum absolute atomic E-state index is 0.102. The molecule has 1 N–H and O–H groups in total. The number of ether oxygens (including phenoxy) is 1. The van der Waals surface area contributed by atoms with Crippen LogP contribution in [0.15, 0.2) is 0 Å². The van der Waals surface area contributed by atoms with E-state index in [-0.39, 0.29) is 6.04 Å². The highest BCUT2D eigenvalue weighted by Gasteiger charge is 2.23. The van der Waals surface area contributed by atoms with Crippen LogP contribution in [-0.4, -0.2) is 32.5 Å². The van der Waals surface area contributed by atoms with Crippen LogP contribution in [0.5, 0.6) is 0 Å². The van der Waals surface area contributed by atoms with Gasteiger partial charge in [0.25, 0.3) is 0 Å². The summed E-state index contributed by atoms with van der Waals surface area (Å²) in [4.78, 5) is 0. The average Bonchev–Trinajstić information content (AvgIpc) is 2.15. The highest BCUT2D eigenvalue weighted by atomic mass is 19.1. The van der Waals surface area contributed by atoms with Gasteiger partial charge < -0.3 is 10.1 Å². The van der Waals surface area contributed by atoms with Crippen molar-refractivity contribution >= 4 is 0 Å². The zero-order valence-electron chi connectivity index (χ0n) is 8.39. The number of alkyl halides is 1. The normalized spacial score (nSPS) is 29.1. The van der Waals surface area contributed by atoms with Gasteiger partial charge in [0, 0.05) is 19.8 Å². The zero-order valence-corrected chi connectivity index (χ0v) is 8.39. The molecule has 0 spiro atoms. The van der Waals surface area contributed by atoms with Gasteiger partial charge in [0.1, 0.15) is 6.17 Å². The van der Waals surface area contributed by atoms with Crippen molar-refractivity contribution in [1.29, 1.82) is 0 Å². The van der Waals surface area contributed by atoms with Gasteiger partial charge in [0.05, 0.1) is 0 Å². The van der Waals surface area contributed by atoms with Crippen LogP contribution in [0.2, 0.25) is 0 Å². The Labute approximate surface area is 79.8 Å². The molecule has 0 amide bonds. The lowest BCUT2D eigenvalue weighted by atomic mass is 9.93. The first-order valence-corrected chi connectivity index (χ1v) is 5.21. The summed E-state index contributed by atoms with van der Waals surface area (Å²) in [6.07, 6.45) is 4.30. The van der Waals surface area contributed by atoms with Crippen LogP contribution in [0.3, 0.4) is 0 Å². The SMILES string of the molecule is COCCCN[C@@H]1CCCC[C@H]1F. The summed E-state index contributed by atoms with van der Waals surface area (Å²) in [5.74, 6) is 0. The fourth-order valence-corrected chi connectivity index (χ4v) is 1.82. The Balaban J connectivity index is 2.05. The van der Waals surface area contributed by atoms with Gasteiger partial charge in [-0.1, -0.05) is 12.8 Å². The lowest BCUT2D eigenvalue weighted by Crippen LogP contribution is -2.40. The molecule has 0 unspecified atom stereocenters. The van der Waals surface area contributed by atoms with E-state index in [1.807, 2.05) is 0 Å². The van der Waals surface area contributed by atoms with Crippen LogP contribution in [0.1, 0.15) is 32.1 Å². The molecular weight excluding hydrogens is 169 g/mol. The van der Waals surface area contributed by atoms with Crippen LogP contribution in [0.25, 0.3) is 0 Å². The molecule has 0 radical (unpaired) electrons. The highest BCUT2D eigenvalue weighted by Crippen LogP contribution is 2.20. The van der Waals surface area contributed by atoms with E-state index in [1.54, 1.807) is 7.11 Å². The largest absolute Gasteiger partial charge is 0.385 e. The van der Waals surface area contributed by atoms with E-state index < -0.39 is 6.17 Å². The second-order valence-electron chi connectivity index (χ2n) is 3.71. The van der Waals surface area contributed by atoms with Crippen LogP contribution in [0, 0.1) is 0 Å². The van der Waals surface area contributed by atoms with E-state index in [1.165, 1.54) is 6.42 Å². The molecule has 2 atom stereocenters. The highest BCUT2D eigenvalue weighted by molar-refractivity contribution is 4.80. The van der Waals surface area contributed by atoms with Crippen LogP contribution in [0.4, 0.5) is 4.39 Å². The van der Waals surface area contributed by atoms with E-state index >= 15 is 0 Å². The number of hydrogen-bond acceptors (Lipinski definition) is 2. The molecule has 0 bridgehead atoms. The van der Waals surface area contributed by atoms with Gasteiger partial charge in [-0.2, -0.15) is 0 Å². The summed E-state index contributed by atoms with van der Waals surface area (Å²) in [6.45, 7) is 1.63. The predicted molar refractivity (Wildman–Crippen MR) is 51.6 cm³/mol. The van der Waals surface area contributed by atoms with Crippen molar-refractivity contribution in [1.82, 2.24) is 5.32 Å². The first-order valence-electron chi connectivity index (χ1n) is 5.21. The van der Waals surface area contributed by atoms with Crippen molar-refractivity contribution in [3.05, 3.63) is 0 Å². The Morgan fingerprint density at radius 1 is 1.38 bits per heavy atom. The molecule has 0 aromatic heterocycles. The van der Waals surface area contributed by atoms with E-state index in [0.29, 0.717) is 0 Å². The maximum Gasteiger partial charge on any atom is 0.115 e. The third-order valence-corrected chi connectivity index (χ3v) is 2.61. The fourth-order valence-electron chi connectivity index (χ4n) is 1.82. The molecule has 0 heterocycles. The van der Waals surface area contributed by atoms with Crippen molar-refractivity contribution in [2.45, 2.75) is 44.3 Å². The van der Waals surface area contributed by atoms with Crippen molar-refractivity contribution in [2.75, 3.05) is 20.3 Å². The summed E-state index contributed by atoms with van der Waals surface area (Å²) in [7, 11) is 1.69. The lowest BCUT2D eigenvalue weighted by molar-refractivity contribution is 0.172. The van der Waals surface area contributed by atoms with E-state index in [2.05, 4.69) is 5.32 Å². The summed E-state index contributed by atoms with van der Waals surface area (Å²) in [5.41, 5.74) is 0. The second-order valence-corrected chi connectivity index (χ2v) is 3.71. The molecular formula is C10H20FNO. The smallest absolute Gasteiger partial charge is 0.115 e. The zero-order chi connectivity index (χ0) is 9.52. The predicted octanol–water partition coefficient (Wildman–Crippen LogP) is 1.89. The number of hydrogen-bond donors (Lipinski definition) is 1. The summed E-state index contributed by atoms with van der Waals surface area (Å²) in [5, 5.41) is 3.25. The molecule has 1 aliphatic rings. The van der Waals surface area contributed by atoms with Crippen molar-refractivity contribution in [3.8, 4) is 0 Å². The topological polar surface area (TPSA) is 21.3 Å². The molecule has 0 aromatic rings. The Morgan fingerprint density at radius 2 is 2.15 bits per heavy atom. The third-order valence-electron chi connectivity index (χ3n) is 2.61.